The van der Waals surface area contributed by atoms with Gasteiger partial charge in [-0.25, -0.2) is 14.2 Å². The number of Topliss-reactive ketones (excluding diaryl/α,β-unsaturated/α-hetero) is 1. The van der Waals surface area contributed by atoms with Gasteiger partial charge in [0.1, 0.15) is 22.4 Å². The molecule has 0 aliphatic heterocycles. The number of aromatic nitrogens is 1. The molecule has 0 saturated carbocycles. The summed E-state index contributed by atoms with van der Waals surface area (Å²) < 4.78 is 18.8. The number of thioether (sulfide) groups is 1. The van der Waals surface area contributed by atoms with E-state index in [0.29, 0.717) is 17.9 Å². The fraction of sp³-hybridized carbons (Fsp3) is 0.235. The number of hydrogen-bond donors (Lipinski definition) is 1. The fourth-order valence-corrected chi connectivity index (χ4v) is 2.91. The van der Waals surface area contributed by atoms with Crippen LogP contribution < -0.4 is 4.74 Å². The minimum absolute atomic E-state index is 0.00926. The van der Waals surface area contributed by atoms with Crippen molar-refractivity contribution in [2.24, 2.45) is 0 Å². The van der Waals surface area contributed by atoms with Crippen LogP contribution in [0.4, 0.5) is 4.39 Å². The Morgan fingerprint density at radius 3 is 2.83 bits per heavy atom. The zero-order valence-corrected chi connectivity index (χ0v) is 13.8. The highest BCUT2D eigenvalue weighted by atomic mass is 32.2. The largest absolute Gasteiger partial charge is 0.494 e. The van der Waals surface area contributed by atoms with E-state index in [0.717, 1.165) is 11.8 Å². The molecule has 24 heavy (non-hydrogen) atoms. The van der Waals surface area contributed by atoms with Crippen LogP contribution in [0.3, 0.4) is 0 Å². The van der Waals surface area contributed by atoms with Crippen LogP contribution >= 0.6 is 11.8 Å². The maximum absolute atomic E-state index is 13.4. The lowest BCUT2D eigenvalue weighted by molar-refractivity contribution is -0.116. The van der Waals surface area contributed by atoms with E-state index in [1.807, 2.05) is 0 Å². The molecule has 126 valence electrons. The van der Waals surface area contributed by atoms with Crippen molar-refractivity contribution in [3.05, 3.63) is 53.5 Å². The number of carbonyl (C=O) groups excluding carboxylic acids is 1. The molecule has 0 aliphatic carbocycles. The highest BCUT2D eigenvalue weighted by Gasteiger charge is 2.15. The maximum atomic E-state index is 13.4. The molecule has 1 heterocycles. The lowest BCUT2D eigenvalue weighted by atomic mass is 10.1. The summed E-state index contributed by atoms with van der Waals surface area (Å²) in [6.07, 6.45) is 1.48. The summed E-state index contributed by atoms with van der Waals surface area (Å²) in [6, 6.07) is 7.01. The Morgan fingerprint density at radius 2 is 2.12 bits per heavy atom. The summed E-state index contributed by atoms with van der Waals surface area (Å²) in [5, 5.41) is 9.38. The van der Waals surface area contributed by atoms with Crippen molar-refractivity contribution >= 4 is 23.5 Å². The van der Waals surface area contributed by atoms with Crippen LogP contribution in [0, 0.1) is 5.82 Å². The van der Waals surface area contributed by atoms with Crippen LogP contribution in [0.5, 0.6) is 5.75 Å². The smallest absolute Gasteiger partial charge is 0.338 e. The predicted octanol–water partition coefficient (Wildman–Crippen LogP) is 3.22. The molecule has 0 unspecified atom stereocenters. The van der Waals surface area contributed by atoms with E-state index in [9.17, 15) is 14.0 Å². The molecular weight excluding hydrogens is 333 g/mol. The molecule has 0 atom stereocenters. The van der Waals surface area contributed by atoms with Crippen molar-refractivity contribution in [1.82, 2.24) is 4.98 Å². The summed E-state index contributed by atoms with van der Waals surface area (Å²) in [6.45, 7) is 2.22. The lowest BCUT2D eigenvalue weighted by Gasteiger charge is -2.10. The number of aromatic carboxylic acids is 1. The van der Waals surface area contributed by atoms with Crippen molar-refractivity contribution in [1.29, 1.82) is 0 Å². The Kier molecular flexibility index (Phi) is 6.31. The number of ether oxygens (including phenoxy) is 1. The maximum Gasteiger partial charge on any atom is 0.338 e. The van der Waals surface area contributed by atoms with Crippen molar-refractivity contribution in [2.45, 2.75) is 18.4 Å². The highest BCUT2D eigenvalue weighted by molar-refractivity contribution is 8.00. The Balaban J connectivity index is 2.04. The van der Waals surface area contributed by atoms with Gasteiger partial charge in [-0.3, -0.25) is 4.79 Å². The lowest BCUT2D eigenvalue weighted by Crippen LogP contribution is -2.09. The van der Waals surface area contributed by atoms with E-state index in [1.54, 1.807) is 6.92 Å². The third kappa shape index (κ3) is 4.79. The average Bonchev–Trinajstić information content (AvgIpc) is 2.56. The first-order valence-electron chi connectivity index (χ1n) is 7.25. The SMILES string of the molecule is CCOc1ccc(F)cc1CC(=O)CSc1ncccc1C(=O)O. The number of nitrogens with zero attached hydrogens (tertiary/aromatic N) is 1. The molecule has 0 amide bonds. The molecule has 1 N–H and O–H groups in total. The van der Waals surface area contributed by atoms with Crippen molar-refractivity contribution in [3.63, 3.8) is 0 Å². The second kappa shape index (κ2) is 8.44. The molecule has 1 aromatic carbocycles. The van der Waals surface area contributed by atoms with Crippen molar-refractivity contribution in [2.75, 3.05) is 12.4 Å². The standard InChI is InChI=1S/C17H16FNO4S/c1-2-23-15-6-5-12(18)8-11(15)9-13(20)10-24-16-14(17(21)22)4-3-7-19-16/h3-8H,2,9-10H2,1H3,(H,21,22). The number of carboxylic acids is 1. The minimum Gasteiger partial charge on any atom is -0.494 e. The van der Waals surface area contributed by atoms with E-state index < -0.39 is 11.8 Å². The Hall–Kier alpha value is -2.41. The predicted molar refractivity (Wildman–Crippen MR) is 88.2 cm³/mol. The zero-order chi connectivity index (χ0) is 17.5. The topological polar surface area (TPSA) is 76.5 Å². The third-order valence-corrected chi connectivity index (χ3v) is 4.15. The molecule has 2 rings (SSSR count). The number of carboxylic acid groups (broad SMARTS) is 1. The molecule has 2 aromatic rings. The highest BCUT2D eigenvalue weighted by Crippen LogP contribution is 2.23. The molecule has 1 aromatic heterocycles. The number of rotatable bonds is 8. The van der Waals surface area contributed by atoms with Gasteiger partial charge in [0.2, 0.25) is 0 Å². The summed E-state index contributed by atoms with van der Waals surface area (Å²) in [5.41, 5.74) is 0.526. The molecule has 5 nitrogen and oxygen atoms in total. The number of carbonyl (C=O) groups is 2. The second-order valence-corrected chi connectivity index (χ2v) is 5.81. The van der Waals surface area contributed by atoms with Gasteiger partial charge >= 0.3 is 5.97 Å². The third-order valence-electron chi connectivity index (χ3n) is 3.08. The molecule has 0 radical (unpaired) electrons. The van der Waals surface area contributed by atoms with Crippen LogP contribution in [-0.4, -0.2) is 34.2 Å². The van der Waals surface area contributed by atoms with Crippen LogP contribution in [0.1, 0.15) is 22.8 Å². The van der Waals surface area contributed by atoms with Gasteiger partial charge in [0, 0.05) is 18.2 Å². The van der Waals surface area contributed by atoms with Gasteiger partial charge in [-0.1, -0.05) is 11.8 Å². The fourth-order valence-electron chi connectivity index (χ4n) is 2.06. The van der Waals surface area contributed by atoms with Crippen molar-refractivity contribution in [3.8, 4) is 5.75 Å². The normalized spacial score (nSPS) is 10.4. The van der Waals surface area contributed by atoms with Gasteiger partial charge in [-0.05, 0) is 37.3 Å². The summed E-state index contributed by atoms with van der Waals surface area (Å²) in [5.74, 6) is -1.19. The zero-order valence-electron chi connectivity index (χ0n) is 13.0. The molecule has 0 spiro atoms. The minimum atomic E-state index is -1.10. The van der Waals surface area contributed by atoms with Gasteiger partial charge in [0.15, 0.2) is 0 Å². The Labute approximate surface area is 142 Å². The van der Waals surface area contributed by atoms with Crippen molar-refractivity contribution < 1.29 is 23.8 Å². The van der Waals surface area contributed by atoms with Gasteiger partial charge in [0.05, 0.1) is 17.9 Å². The van der Waals surface area contributed by atoms with Gasteiger partial charge in [0.25, 0.3) is 0 Å². The summed E-state index contributed by atoms with van der Waals surface area (Å²) >= 11 is 1.05. The molecule has 0 fully saturated rings. The molecule has 0 aliphatic rings. The average molecular weight is 349 g/mol. The van der Waals surface area contributed by atoms with Gasteiger partial charge in [-0.15, -0.1) is 0 Å². The van der Waals surface area contributed by atoms with E-state index in [2.05, 4.69) is 4.98 Å². The summed E-state index contributed by atoms with van der Waals surface area (Å²) in [4.78, 5) is 27.3. The summed E-state index contributed by atoms with van der Waals surface area (Å²) in [7, 11) is 0. The van der Waals surface area contributed by atoms with Crippen LogP contribution in [0.2, 0.25) is 0 Å². The Morgan fingerprint density at radius 1 is 1.33 bits per heavy atom. The molecule has 0 bridgehead atoms. The number of hydrogen-bond acceptors (Lipinski definition) is 5. The molecular formula is C17H16FNO4S. The van der Waals surface area contributed by atoms with Crippen LogP contribution in [0.15, 0.2) is 41.6 Å². The first-order valence-corrected chi connectivity index (χ1v) is 8.23. The van der Waals surface area contributed by atoms with E-state index >= 15 is 0 Å². The van der Waals surface area contributed by atoms with Gasteiger partial charge in [-0.2, -0.15) is 0 Å². The number of pyridine rings is 1. The molecule has 0 saturated heterocycles. The monoisotopic (exact) mass is 349 g/mol. The molecule has 7 heteroatoms. The van der Waals surface area contributed by atoms with E-state index in [4.69, 9.17) is 9.84 Å². The number of benzene rings is 1. The first kappa shape index (κ1) is 17.9. The van der Waals surface area contributed by atoms with E-state index in [-0.39, 0.29) is 28.5 Å². The quantitative estimate of drug-likeness (QED) is 0.738. The van der Waals surface area contributed by atoms with Crippen LogP contribution in [-0.2, 0) is 11.2 Å². The number of ketones is 1. The second-order valence-electron chi connectivity index (χ2n) is 4.85. The number of halogens is 1. The van der Waals surface area contributed by atoms with Crippen LogP contribution in [0.25, 0.3) is 0 Å². The van der Waals surface area contributed by atoms with E-state index in [1.165, 1.54) is 36.5 Å². The van der Waals surface area contributed by atoms with Gasteiger partial charge < -0.3 is 9.84 Å². The Bertz CT molecular complexity index is 751. The first-order chi connectivity index (χ1) is 11.5.